The summed E-state index contributed by atoms with van der Waals surface area (Å²) in [5.74, 6) is -0.558. The van der Waals surface area contributed by atoms with E-state index < -0.39 is 25.2 Å². The first-order valence-electron chi connectivity index (χ1n) is 19.0. The van der Waals surface area contributed by atoms with Crippen LogP contribution < -0.4 is 20.9 Å². The van der Waals surface area contributed by atoms with Gasteiger partial charge in [-0.1, -0.05) is 48.5 Å². The van der Waals surface area contributed by atoms with Gasteiger partial charge < -0.3 is 30.4 Å². The number of ether oxygens (including phenoxy) is 4. The molecule has 0 aliphatic heterocycles. The Bertz CT molecular complexity index is 2540. The van der Waals surface area contributed by atoms with Crippen LogP contribution in [0.4, 0.5) is 38.0 Å². The lowest BCUT2D eigenvalue weighted by Gasteiger charge is -2.10. The molecule has 0 spiro atoms. The number of carbonyl (C=O) groups is 2. The zero-order valence-electron chi connectivity index (χ0n) is 33.6. The number of imidazole rings is 2. The van der Waals surface area contributed by atoms with E-state index in [0.29, 0.717) is 51.5 Å². The molecule has 0 saturated carbocycles. The molecule has 4 N–H and O–H groups in total. The van der Waals surface area contributed by atoms with Gasteiger partial charge >= 0.3 is 36.3 Å². The minimum Gasteiger partial charge on any atom is -0.469 e. The monoisotopic (exact) mass is 1020 g/mol. The van der Waals surface area contributed by atoms with Crippen LogP contribution in [0.15, 0.2) is 58.0 Å². The van der Waals surface area contributed by atoms with E-state index in [4.69, 9.17) is 30.4 Å². The molecule has 338 valence electrons. The van der Waals surface area contributed by atoms with Crippen molar-refractivity contribution in [2.24, 2.45) is 0 Å². The minimum absolute atomic E-state index is 0.0507. The molecule has 4 heterocycles. The fraction of sp³-hybridized carbons (Fsp3) is 0.385. The van der Waals surface area contributed by atoms with Crippen molar-refractivity contribution in [2.75, 3.05) is 38.4 Å². The molecule has 0 aliphatic rings. The smallest absolute Gasteiger partial charge is 0.389 e. The molecule has 24 heteroatoms. The number of benzene rings is 2. The average Bonchev–Trinajstić information content (AvgIpc) is 3.69. The van der Waals surface area contributed by atoms with Gasteiger partial charge in [0.25, 0.3) is 0 Å². The highest BCUT2D eigenvalue weighted by Crippen LogP contribution is 2.28. The number of esters is 2. The van der Waals surface area contributed by atoms with Gasteiger partial charge in [-0.3, -0.25) is 18.7 Å². The second kappa shape index (κ2) is 21.5. The van der Waals surface area contributed by atoms with Crippen molar-refractivity contribution in [2.45, 2.75) is 70.9 Å². The predicted molar refractivity (Wildman–Crippen MR) is 224 cm³/mol. The van der Waals surface area contributed by atoms with Crippen LogP contribution >= 0.6 is 31.9 Å². The third-order valence-corrected chi connectivity index (χ3v) is 9.89. The molecule has 0 unspecified atom stereocenters. The molecule has 0 fully saturated rings. The van der Waals surface area contributed by atoms with Crippen LogP contribution in [0.5, 0.6) is 12.0 Å². The molecule has 6 aromatic rings. The van der Waals surface area contributed by atoms with E-state index >= 15 is 0 Å². The van der Waals surface area contributed by atoms with Crippen LogP contribution in [0, 0.1) is 0 Å². The lowest BCUT2D eigenvalue weighted by Crippen LogP contribution is -2.11. The molecule has 0 bridgehead atoms. The van der Waals surface area contributed by atoms with Crippen LogP contribution in [0.2, 0.25) is 0 Å². The Hall–Kier alpha value is -5.78. The van der Waals surface area contributed by atoms with E-state index in [1.807, 2.05) is 48.5 Å². The Labute approximate surface area is 372 Å². The summed E-state index contributed by atoms with van der Waals surface area (Å²) in [6.07, 6.45) is -10.6. The highest BCUT2D eigenvalue weighted by atomic mass is 79.9. The fourth-order valence-corrected chi connectivity index (χ4v) is 6.83. The molecule has 2 aromatic carbocycles. The number of nitrogens with zero attached hydrogens (tertiary/aromatic N) is 8. The van der Waals surface area contributed by atoms with Gasteiger partial charge in [0.15, 0.2) is 43.4 Å². The molecule has 4 aromatic heterocycles. The van der Waals surface area contributed by atoms with E-state index in [0.717, 1.165) is 22.3 Å². The number of rotatable bonds is 17. The lowest BCUT2D eigenvalue weighted by molar-refractivity contribution is -0.142. The molecular weight excluding hydrogens is 978 g/mol. The Morgan fingerprint density at radius 2 is 1.06 bits per heavy atom. The third-order valence-electron chi connectivity index (χ3n) is 8.67. The minimum atomic E-state index is -4.25. The molecule has 0 radical (unpaired) electrons. The van der Waals surface area contributed by atoms with Gasteiger partial charge in [-0.2, -0.15) is 46.3 Å². The highest BCUT2D eigenvalue weighted by molar-refractivity contribution is 9.10. The number of carbonyl (C=O) groups excluding carboxylic acids is 2. The number of alkyl halides is 6. The van der Waals surface area contributed by atoms with E-state index in [2.05, 4.69) is 61.8 Å². The number of nitrogens with two attached hydrogens (primary N) is 2. The van der Waals surface area contributed by atoms with Crippen LogP contribution in [0.3, 0.4) is 0 Å². The van der Waals surface area contributed by atoms with Crippen molar-refractivity contribution in [1.82, 2.24) is 39.0 Å². The third kappa shape index (κ3) is 14.4. The van der Waals surface area contributed by atoms with Crippen LogP contribution in [0.25, 0.3) is 22.3 Å². The maximum absolute atomic E-state index is 12.3. The number of fused-ring (bicyclic) bond motifs is 2. The van der Waals surface area contributed by atoms with Gasteiger partial charge in [0, 0.05) is 12.8 Å². The zero-order chi connectivity index (χ0) is 45.9. The predicted octanol–water partition coefficient (Wildman–Crippen LogP) is 7.70. The molecule has 0 saturated heterocycles. The molecule has 63 heavy (non-hydrogen) atoms. The first-order chi connectivity index (χ1) is 29.8. The second-order valence-corrected chi connectivity index (χ2v) is 15.0. The zero-order valence-corrected chi connectivity index (χ0v) is 36.8. The van der Waals surface area contributed by atoms with E-state index in [9.17, 15) is 35.9 Å². The number of nitrogen functional groups attached to an aromatic ring is 2. The van der Waals surface area contributed by atoms with Crippen molar-refractivity contribution in [1.29, 1.82) is 0 Å². The average molecular weight is 1020 g/mol. The number of hydrogen-bond donors (Lipinski definition) is 2. The van der Waals surface area contributed by atoms with Crippen LogP contribution in [0.1, 0.15) is 54.9 Å². The van der Waals surface area contributed by atoms with Gasteiger partial charge in [0.1, 0.15) is 0 Å². The number of anilines is 2. The van der Waals surface area contributed by atoms with Gasteiger partial charge in [-0.15, -0.1) is 0 Å². The SMILES string of the molecule is CCOC(=O)Cc1cccc(Cn2c(Br)nc3c(N)nc(OCCCC(F)(F)F)nc32)c1.COC(=O)Cc1cccc(Cn2c(Br)nc3c(N)nc(OCCCC(F)(F)F)nc32)c1. The van der Waals surface area contributed by atoms with E-state index in [-0.39, 0.29) is 74.5 Å². The molecule has 16 nitrogen and oxygen atoms in total. The molecule has 0 amide bonds. The van der Waals surface area contributed by atoms with Gasteiger partial charge in [0.05, 0.1) is 52.9 Å². The Kier molecular flexibility index (Phi) is 16.5. The fourth-order valence-electron chi connectivity index (χ4n) is 5.89. The number of hydrogen-bond acceptors (Lipinski definition) is 14. The number of aromatic nitrogens is 8. The summed E-state index contributed by atoms with van der Waals surface area (Å²) in [4.78, 5) is 48.4. The highest BCUT2D eigenvalue weighted by Gasteiger charge is 2.27. The number of methoxy groups -OCH3 is 1. The van der Waals surface area contributed by atoms with Crippen molar-refractivity contribution in [3.8, 4) is 12.0 Å². The lowest BCUT2D eigenvalue weighted by atomic mass is 10.1. The van der Waals surface area contributed by atoms with Crippen molar-refractivity contribution < 1.29 is 54.9 Å². The maximum atomic E-state index is 12.3. The summed E-state index contributed by atoms with van der Waals surface area (Å²) in [5.41, 5.74) is 16.6. The first kappa shape index (κ1) is 48.3. The van der Waals surface area contributed by atoms with Crippen LogP contribution in [-0.2, 0) is 45.0 Å². The first-order valence-corrected chi connectivity index (χ1v) is 20.6. The normalized spacial score (nSPS) is 11.7. The molecule has 0 atom stereocenters. The Morgan fingerprint density at radius 1 is 0.651 bits per heavy atom. The van der Waals surface area contributed by atoms with Gasteiger partial charge in [-0.25, -0.2) is 9.97 Å². The van der Waals surface area contributed by atoms with E-state index in [1.165, 1.54) is 7.11 Å². The largest absolute Gasteiger partial charge is 0.469 e. The van der Waals surface area contributed by atoms with Crippen molar-refractivity contribution >= 4 is 77.8 Å². The summed E-state index contributed by atoms with van der Waals surface area (Å²) >= 11 is 6.75. The quantitative estimate of drug-likeness (QED) is 0.0388. The number of halogens is 8. The summed E-state index contributed by atoms with van der Waals surface area (Å²) in [6, 6.07) is 14.5. The summed E-state index contributed by atoms with van der Waals surface area (Å²) in [6.45, 7) is 2.35. The van der Waals surface area contributed by atoms with Gasteiger partial charge in [0.2, 0.25) is 0 Å². The van der Waals surface area contributed by atoms with Crippen molar-refractivity contribution in [3.05, 3.63) is 80.3 Å². The summed E-state index contributed by atoms with van der Waals surface area (Å²) in [5, 5.41) is 0. The Balaban J connectivity index is 0.000000238. The van der Waals surface area contributed by atoms with Crippen molar-refractivity contribution in [3.63, 3.8) is 0 Å². The molecular formula is C39H40Br2F6N10O6. The van der Waals surface area contributed by atoms with Crippen LogP contribution in [-0.4, -0.2) is 90.3 Å². The standard InChI is InChI=1S/C20H21BrF3N5O3.C19H19BrF3N5O3/c1-2-31-14(30)10-12-5-3-6-13(9-12)11-29-17-15(26-18(29)21)16(25)27-19(28-17)32-8-4-7-20(22,23)24;1-30-13(29)9-11-4-2-5-12(8-11)10-28-16-14(25-17(28)20)15(24)26-18(27-16)31-7-3-6-19(21,22)23/h3,5-6,9H,2,4,7-8,10-11H2,1H3,(H2,25,27,28);2,4-5,8H,3,6-7,9-10H2,1H3,(H2,24,26,27). The maximum Gasteiger partial charge on any atom is 0.389 e. The topological polar surface area (TPSA) is 210 Å². The van der Waals surface area contributed by atoms with E-state index in [1.54, 1.807) is 16.1 Å². The summed E-state index contributed by atoms with van der Waals surface area (Å²) < 4.78 is 98.3. The Morgan fingerprint density at radius 3 is 1.46 bits per heavy atom. The summed E-state index contributed by atoms with van der Waals surface area (Å²) in [7, 11) is 1.33. The van der Waals surface area contributed by atoms with Gasteiger partial charge in [-0.05, 0) is 73.9 Å². The molecule has 0 aliphatic carbocycles. The second-order valence-electron chi connectivity index (χ2n) is 13.6. The molecule has 6 rings (SSSR count).